The van der Waals surface area contributed by atoms with Crippen LogP contribution < -0.4 is 10.2 Å². The van der Waals surface area contributed by atoms with Gasteiger partial charge < -0.3 is 4.74 Å². The predicted molar refractivity (Wildman–Crippen MR) is 94.5 cm³/mol. The van der Waals surface area contributed by atoms with Crippen molar-refractivity contribution in [3.8, 4) is 5.75 Å². The predicted octanol–water partition coefficient (Wildman–Crippen LogP) is 4.37. The van der Waals surface area contributed by atoms with Gasteiger partial charge in [0.15, 0.2) is 0 Å². The van der Waals surface area contributed by atoms with Crippen LogP contribution >= 0.6 is 31.9 Å². The van der Waals surface area contributed by atoms with Crippen LogP contribution in [-0.2, 0) is 0 Å². The van der Waals surface area contributed by atoms with E-state index in [2.05, 4.69) is 42.4 Å². The van der Waals surface area contributed by atoms with Gasteiger partial charge >= 0.3 is 0 Å². The number of nitrogens with one attached hydrogen (secondary N) is 1. The van der Waals surface area contributed by atoms with Crippen LogP contribution in [0.25, 0.3) is 0 Å². The van der Waals surface area contributed by atoms with Gasteiger partial charge in [-0.1, -0.05) is 28.1 Å². The van der Waals surface area contributed by atoms with Gasteiger partial charge in [0.2, 0.25) is 0 Å². The van der Waals surface area contributed by atoms with Crippen molar-refractivity contribution in [1.29, 1.82) is 0 Å². The number of halogens is 2. The van der Waals surface area contributed by atoms with Crippen LogP contribution in [0.1, 0.15) is 22.8 Å². The largest absolute Gasteiger partial charge is 0.493 e. The third kappa shape index (κ3) is 4.42. The van der Waals surface area contributed by atoms with Crippen molar-refractivity contribution in [2.75, 3.05) is 6.61 Å². The van der Waals surface area contributed by atoms with Gasteiger partial charge in [-0.15, -0.1) is 0 Å². The molecule has 0 fully saturated rings. The maximum absolute atomic E-state index is 12.0. The molecule has 6 heteroatoms. The molecule has 0 heterocycles. The molecule has 0 unspecified atom stereocenters. The first-order chi connectivity index (χ1) is 10.6. The molecule has 0 saturated heterocycles. The fourth-order valence-electron chi connectivity index (χ4n) is 1.77. The molecular weight excluding hydrogens is 412 g/mol. The smallest absolute Gasteiger partial charge is 0.272 e. The molecule has 0 aliphatic rings. The van der Waals surface area contributed by atoms with E-state index in [-0.39, 0.29) is 5.91 Å². The number of hydrogen-bond donors (Lipinski definition) is 1. The van der Waals surface area contributed by atoms with Crippen LogP contribution in [0.2, 0.25) is 0 Å². The fraction of sp³-hybridized carbons (Fsp3) is 0.125. The number of carbonyl (C=O) groups excluding carboxylic acids is 1. The van der Waals surface area contributed by atoms with Gasteiger partial charge in [-0.25, -0.2) is 5.43 Å². The van der Waals surface area contributed by atoms with Crippen molar-refractivity contribution < 1.29 is 9.53 Å². The van der Waals surface area contributed by atoms with Crippen LogP contribution in [0.3, 0.4) is 0 Å². The van der Waals surface area contributed by atoms with Crippen molar-refractivity contribution in [3.63, 3.8) is 0 Å². The zero-order chi connectivity index (χ0) is 15.9. The maximum atomic E-state index is 12.0. The fourth-order valence-corrected chi connectivity index (χ4v) is 2.62. The summed E-state index contributed by atoms with van der Waals surface area (Å²) in [6.07, 6.45) is 1.56. The molecule has 114 valence electrons. The normalized spacial score (nSPS) is 10.7. The minimum Gasteiger partial charge on any atom is -0.493 e. The van der Waals surface area contributed by atoms with Gasteiger partial charge in [-0.2, -0.15) is 5.10 Å². The number of amides is 1. The Bertz CT molecular complexity index is 702. The Kier molecular flexibility index (Phi) is 6.15. The molecule has 0 aromatic heterocycles. The molecule has 0 radical (unpaired) electrons. The summed E-state index contributed by atoms with van der Waals surface area (Å²) >= 11 is 6.74. The lowest BCUT2D eigenvalue weighted by Crippen LogP contribution is -2.18. The third-order valence-electron chi connectivity index (χ3n) is 2.76. The molecule has 4 nitrogen and oxygen atoms in total. The molecule has 2 aromatic carbocycles. The molecule has 0 atom stereocenters. The van der Waals surface area contributed by atoms with Gasteiger partial charge in [0.25, 0.3) is 5.91 Å². The Labute approximate surface area is 145 Å². The zero-order valence-corrected chi connectivity index (χ0v) is 15.0. The second-order valence-electron chi connectivity index (χ2n) is 4.29. The number of hydrazone groups is 1. The van der Waals surface area contributed by atoms with E-state index in [9.17, 15) is 4.79 Å². The number of carbonyl (C=O) groups is 1. The highest BCUT2D eigenvalue weighted by Gasteiger charge is 2.08. The van der Waals surface area contributed by atoms with Crippen molar-refractivity contribution in [1.82, 2.24) is 5.43 Å². The number of benzene rings is 2. The summed E-state index contributed by atoms with van der Waals surface area (Å²) in [7, 11) is 0. The first-order valence-corrected chi connectivity index (χ1v) is 8.20. The second-order valence-corrected chi connectivity index (χ2v) is 6.06. The number of ether oxygens (including phenoxy) is 1. The first kappa shape index (κ1) is 16.7. The topological polar surface area (TPSA) is 50.7 Å². The average Bonchev–Trinajstić information content (AvgIpc) is 2.50. The monoisotopic (exact) mass is 424 g/mol. The molecule has 0 spiro atoms. The Balaban J connectivity index is 2.11. The van der Waals surface area contributed by atoms with E-state index in [1.165, 1.54) is 0 Å². The number of hydrogen-bond acceptors (Lipinski definition) is 3. The van der Waals surface area contributed by atoms with E-state index in [1.54, 1.807) is 24.4 Å². The lowest BCUT2D eigenvalue weighted by molar-refractivity contribution is 0.0954. The van der Waals surface area contributed by atoms with E-state index in [1.807, 2.05) is 31.2 Å². The summed E-state index contributed by atoms with van der Waals surface area (Å²) in [5.74, 6) is 0.432. The van der Waals surface area contributed by atoms with Crippen LogP contribution in [-0.4, -0.2) is 18.7 Å². The zero-order valence-electron chi connectivity index (χ0n) is 11.8. The average molecular weight is 426 g/mol. The Morgan fingerprint density at radius 1 is 1.27 bits per heavy atom. The summed E-state index contributed by atoms with van der Waals surface area (Å²) < 4.78 is 7.15. The van der Waals surface area contributed by atoms with E-state index in [0.717, 1.165) is 14.5 Å². The molecule has 0 aliphatic carbocycles. The Morgan fingerprint density at radius 2 is 2.05 bits per heavy atom. The van der Waals surface area contributed by atoms with Crippen LogP contribution in [0.5, 0.6) is 5.75 Å². The first-order valence-electron chi connectivity index (χ1n) is 6.62. The lowest BCUT2D eigenvalue weighted by Gasteiger charge is -2.07. The highest BCUT2D eigenvalue weighted by Crippen LogP contribution is 2.21. The summed E-state index contributed by atoms with van der Waals surface area (Å²) in [5, 5.41) is 4.00. The Hall–Kier alpha value is -1.66. The summed E-state index contributed by atoms with van der Waals surface area (Å²) in [5.41, 5.74) is 3.81. The minimum absolute atomic E-state index is 0.281. The van der Waals surface area contributed by atoms with Crippen molar-refractivity contribution in [2.24, 2.45) is 5.10 Å². The number of rotatable bonds is 5. The molecular formula is C16H14Br2N2O2. The lowest BCUT2D eigenvalue weighted by atomic mass is 10.2. The van der Waals surface area contributed by atoms with E-state index < -0.39 is 0 Å². The summed E-state index contributed by atoms with van der Waals surface area (Å²) in [6.45, 7) is 2.48. The molecule has 0 bridgehead atoms. The molecule has 1 N–H and O–H groups in total. The van der Waals surface area contributed by atoms with Gasteiger partial charge in [0.1, 0.15) is 5.75 Å². The molecule has 2 aromatic rings. The maximum Gasteiger partial charge on any atom is 0.272 e. The molecule has 1 amide bonds. The van der Waals surface area contributed by atoms with Crippen LogP contribution in [0, 0.1) is 0 Å². The van der Waals surface area contributed by atoms with Crippen LogP contribution in [0.4, 0.5) is 0 Å². The molecule has 0 saturated carbocycles. The molecule has 2 rings (SSSR count). The summed E-state index contributed by atoms with van der Waals surface area (Å²) in [6, 6.07) is 12.8. The standard InChI is InChI=1S/C16H14Br2N2O2/c1-2-22-15-8-7-12(17)9-11(15)10-19-20-16(21)13-5-3-4-6-14(13)18/h3-10H,2H2,1H3,(H,20,21). The molecule has 0 aliphatic heterocycles. The van der Waals surface area contributed by atoms with Gasteiger partial charge in [-0.05, 0) is 53.2 Å². The van der Waals surface area contributed by atoms with Gasteiger partial charge in [0, 0.05) is 14.5 Å². The SMILES string of the molecule is CCOc1ccc(Br)cc1C=NNC(=O)c1ccccc1Br. The van der Waals surface area contributed by atoms with Crippen molar-refractivity contribution in [2.45, 2.75) is 6.92 Å². The van der Waals surface area contributed by atoms with Crippen LogP contribution in [0.15, 0.2) is 56.5 Å². The second kappa shape index (κ2) is 8.10. The van der Waals surface area contributed by atoms with E-state index >= 15 is 0 Å². The van der Waals surface area contributed by atoms with Crippen molar-refractivity contribution in [3.05, 3.63) is 62.5 Å². The molecule has 22 heavy (non-hydrogen) atoms. The minimum atomic E-state index is -0.281. The van der Waals surface area contributed by atoms with Gasteiger partial charge in [-0.3, -0.25) is 4.79 Å². The van der Waals surface area contributed by atoms with E-state index in [4.69, 9.17) is 4.74 Å². The van der Waals surface area contributed by atoms with Gasteiger partial charge in [0.05, 0.1) is 18.4 Å². The quantitative estimate of drug-likeness (QED) is 0.571. The number of nitrogens with zero attached hydrogens (tertiary/aromatic N) is 1. The van der Waals surface area contributed by atoms with E-state index in [0.29, 0.717) is 17.9 Å². The summed E-state index contributed by atoms with van der Waals surface area (Å²) in [4.78, 5) is 12.0. The highest BCUT2D eigenvalue weighted by atomic mass is 79.9. The third-order valence-corrected chi connectivity index (χ3v) is 3.94. The Morgan fingerprint density at radius 3 is 2.77 bits per heavy atom. The van der Waals surface area contributed by atoms with Crippen molar-refractivity contribution >= 4 is 44.0 Å². The highest BCUT2D eigenvalue weighted by molar-refractivity contribution is 9.10.